The van der Waals surface area contributed by atoms with Crippen LogP contribution in [0.15, 0.2) is 54.6 Å². The van der Waals surface area contributed by atoms with E-state index in [1.165, 1.54) is 27.9 Å². The summed E-state index contributed by atoms with van der Waals surface area (Å²) in [5, 5.41) is 5.30. The van der Waals surface area contributed by atoms with Gasteiger partial charge >= 0.3 is 0 Å². The van der Waals surface area contributed by atoms with E-state index in [1.54, 1.807) is 24.3 Å². The molecule has 1 aliphatic carbocycles. The summed E-state index contributed by atoms with van der Waals surface area (Å²) >= 11 is 0. The van der Waals surface area contributed by atoms with Gasteiger partial charge in [0.1, 0.15) is 0 Å². The number of carbonyl (C=O) groups excluding carboxylic acids is 1. The molecule has 0 fully saturated rings. The summed E-state index contributed by atoms with van der Waals surface area (Å²) in [6.07, 6.45) is 3.22. The van der Waals surface area contributed by atoms with E-state index in [4.69, 9.17) is 0 Å². The molecule has 3 aromatic rings. The van der Waals surface area contributed by atoms with Crippen molar-refractivity contribution >= 4 is 38.1 Å². The van der Waals surface area contributed by atoms with E-state index in [2.05, 4.69) is 17.4 Å². The third-order valence-electron chi connectivity index (χ3n) is 5.12. The zero-order valence-electron chi connectivity index (χ0n) is 15.2. The number of aryl methyl sites for hydroxylation is 2. The van der Waals surface area contributed by atoms with Gasteiger partial charge in [-0.15, -0.1) is 0 Å². The average Bonchev–Trinajstić information content (AvgIpc) is 3.07. The Labute approximate surface area is 158 Å². The smallest absolute Gasteiger partial charge is 0.255 e. The van der Waals surface area contributed by atoms with Crippen molar-refractivity contribution in [3.8, 4) is 0 Å². The molecule has 27 heavy (non-hydrogen) atoms. The largest absolute Gasteiger partial charge is 0.321 e. The second kappa shape index (κ2) is 6.39. The molecule has 0 aromatic heterocycles. The minimum atomic E-state index is -3.33. The van der Waals surface area contributed by atoms with Crippen LogP contribution in [0.5, 0.6) is 0 Å². The summed E-state index contributed by atoms with van der Waals surface area (Å²) in [4.78, 5) is 12.7. The first kappa shape index (κ1) is 17.5. The van der Waals surface area contributed by atoms with E-state index in [0.29, 0.717) is 11.3 Å². The van der Waals surface area contributed by atoms with Gasteiger partial charge in [0.2, 0.25) is 10.0 Å². The average molecular weight is 380 g/mol. The van der Waals surface area contributed by atoms with Gasteiger partial charge in [-0.1, -0.05) is 24.3 Å². The van der Waals surface area contributed by atoms with Crippen LogP contribution in [0.4, 0.5) is 11.4 Å². The fraction of sp³-hybridized carbons (Fsp3) is 0.190. The van der Waals surface area contributed by atoms with Crippen molar-refractivity contribution in [2.45, 2.75) is 12.8 Å². The number of sulfonamides is 1. The molecule has 1 N–H and O–H groups in total. The molecule has 138 valence electrons. The van der Waals surface area contributed by atoms with E-state index in [0.717, 1.165) is 30.2 Å². The van der Waals surface area contributed by atoms with Crippen molar-refractivity contribution in [2.24, 2.45) is 0 Å². The number of nitrogens with one attached hydrogen (secondary N) is 1. The van der Waals surface area contributed by atoms with Gasteiger partial charge in [0.05, 0.1) is 11.9 Å². The zero-order valence-corrected chi connectivity index (χ0v) is 16.0. The van der Waals surface area contributed by atoms with E-state index >= 15 is 0 Å². The topological polar surface area (TPSA) is 66.5 Å². The molecule has 0 heterocycles. The van der Waals surface area contributed by atoms with Crippen LogP contribution in [0.3, 0.4) is 0 Å². The molecule has 0 unspecified atom stereocenters. The van der Waals surface area contributed by atoms with Crippen LogP contribution in [0.2, 0.25) is 0 Å². The third-order valence-corrected chi connectivity index (χ3v) is 6.32. The Hall–Kier alpha value is -2.86. The lowest BCUT2D eigenvalue weighted by molar-refractivity contribution is 0.102. The molecule has 1 amide bonds. The SMILES string of the molecule is CN(c1ccc(C(=O)Nc2ccc3c4c(cccc24)CC3)cc1)S(C)(=O)=O. The highest BCUT2D eigenvalue weighted by Gasteiger charge is 2.17. The van der Waals surface area contributed by atoms with E-state index in [9.17, 15) is 13.2 Å². The molecule has 0 radical (unpaired) electrons. The van der Waals surface area contributed by atoms with Crippen LogP contribution in [0, 0.1) is 0 Å². The molecule has 0 atom stereocenters. The predicted octanol–water partition coefficient (Wildman–Crippen LogP) is 3.59. The van der Waals surface area contributed by atoms with Gasteiger partial charge in [-0.25, -0.2) is 8.42 Å². The Morgan fingerprint density at radius 2 is 1.63 bits per heavy atom. The maximum atomic E-state index is 12.7. The number of anilines is 2. The highest BCUT2D eigenvalue weighted by molar-refractivity contribution is 7.92. The van der Waals surface area contributed by atoms with Crippen molar-refractivity contribution < 1.29 is 13.2 Å². The molecule has 0 aliphatic heterocycles. The summed E-state index contributed by atoms with van der Waals surface area (Å²) in [5.74, 6) is -0.220. The summed E-state index contributed by atoms with van der Waals surface area (Å²) in [6, 6.07) is 16.8. The molecule has 0 spiro atoms. The van der Waals surface area contributed by atoms with Crippen LogP contribution in [0.25, 0.3) is 10.8 Å². The van der Waals surface area contributed by atoms with Crippen molar-refractivity contribution in [3.63, 3.8) is 0 Å². The molecule has 1 aliphatic rings. The van der Waals surface area contributed by atoms with Gasteiger partial charge in [0, 0.05) is 23.7 Å². The Bertz CT molecular complexity index is 1140. The quantitative estimate of drug-likeness (QED) is 0.752. The maximum Gasteiger partial charge on any atom is 0.255 e. The second-order valence-electron chi connectivity index (χ2n) is 6.84. The van der Waals surface area contributed by atoms with Crippen LogP contribution in [-0.2, 0) is 22.9 Å². The molecule has 6 heteroatoms. The minimum Gasteiger partial charge on any atom is -0.321 e. The fourth-order valence-electron chi connectivity index (χ4n) is 3.56. The Balaban J connectivity index is 1.61. The predicted molar refractivity (Wildman–Crippen MR) is 109 cm³/mol. The second-order valence-corrected chi connectivity index (χ2v) is 8.86. The number of benzene rings is 3. The fourth-order valence-corrected chi connectivity index (χ4v) is 4.07. The van der Waals surface area contributed by atoms with Crippen molar-refractivity contribution in [3.05, 3.63) is 71.3 Å². The summed E-state index contributed by atoms with van der Waals surface area (Å²) in [7, 11) is -1.85. The highest BCUT2D eigenvalue weighted by atomic mass is 32.2. The lowest BCUT2D eigenvalue weighted by atomic mass is 10.0. The Morgan fingerprint density at radius 3 is 2.30 bits per heavy atom. The standard InChI is InChI=1S/C21H20N2O3S/c1-23(27(2,25)26)17-11-8-16(9-12-17)21(24)22-19-13-10-15-7-6-14-4-3-5-18(19)20(14)15/h3-5,8-13H,6-7H2,1-2H3,(H,22,24). The molecule has 0 saturated heterocycles. The summed E-state index contributed by atoms with van der Waals surface area (Å²) < 4.78 is 24.4. The number of amides is 1. The monoisotopic (exact) mass is 380 g/mol. The molecule has 0 bridgehead atoms. The number of rotatable bonds is 4. The summed E-state index contributed by atoms with van der Waals surface area (Å²) in [5.41, 5.74) is 4.43. The molecular weight excluding hydrogens is 360 g/mol. The lowest BCUT2D eigenvalue weighted by Crippen LogP contribution is -2.24. The Kier molecular flexibility index (Phi) is 4.15. The normalized spacial score (nSPS) is 13.0. The maximum absolute atomic E-state index is 12.7. The molecule has 5 nitrogen and oxygen atoms in total. The minimum absolute atomic E-state index is 0.220. The van der Waals surface area contributed by atoms with E-state index in [1.807, 2.05) is 18.2 Å². The molecular formula is C21H20N2O3S. The van der Waals surface area contributed by atoms with Crippen LogP contribution >= 0.6 is 0 Å². The molecule has 4 rings (SSSR count). The van der Waals surface area contributed by atoms with Crippen LogP contribution < -0.4 is 9.62 Å². The molecule has 0 saturated carbocycles. The first-order chi connectivity index (χ1) is 12.8. The van der Waals surface area contributed by atoms with Gasteiger partial charge in [-0.2, -0.15) is 0 Å². The zero-order chi connectivity index (χ0) is 19.2. The van der Waals surface area contributed by atoms with Gasteiger partial charge in [0.25, 0.3) is 5.91 Å². The number of carbonyl (C=O) groups is 1. The molecule has 3 aromatic carbocycles. The van der Waals surface area contributed by atoms with Crippen molar-refractivity contribution in [2.75, 3.05) is 22.9 Å². The van der Waals surface area contributed by atoms with Crippen molar-refractivity contribution in [1.29, 1.82) is 0 Å². The van der Waals surface area contributed by atoms with Crippen molar-refractivity contribution in [1.82, 2.24) is 0 Å². The van der Waals surface area contributed by atoms with E-state index in [-0.39, 0.29) is 5.91 Å². The van der Waals surface area contributed by atoms with Crippen LogP contribution in [-0.4, -0.2) is 27.6 Å². The highest BCUT2D eigenvalue weighted by Crippen LogP contribution is 2.35. The van der Waals surface area contributed by atoms with Gasteiger partial charge in [-0.05, 0) is 59.7 Å². The third kappa shape index (κ3) is 3.17. The first-order valence-electron chi connectivity index (χ1n) is 8.73. The number of nitrogens with zero attached hydrogens (tertiary/aromatic N) is 1. The first-order valence-corrected chi connectivity index (χ1v) is 10.6. The van der Waals surface area contributed by atoms with Gasteiger partial charge in [-0.3, -0.25) is 9.10 Å². The number of hydrogen-bond acceptors (Lipinski definition) is 3. The van der Waals surface area contributed by atoms with Crippen LogP contribution in [0.1, 0.15) is 21.5 Å². The summed E-state index contributed by atoms with van der Waals surface area (Å²) in [6.45, 7) is 0. The van der Waals surface area contributed by atoms with Gasteiger partial charge in [0.15, 0.2) is 0 Å². The van der Waals surface area contributed by atoms with Gasteiger partial charge < -0.3 is 5.32 Å². The Morgan fingerprint density at radius 1 is 0.963 bits per heavy atom. The number of hydrogen-bond donors (Lipinski definition) is 1. The van der Waals surface area contributed by atoms with E-state index < -0.39 is 10.0 Å². The lowest BCUT2D eigenvalue weighted by Gasteiger charge is -2.16.